The van der Waals surface area contributed by atoms with Gasteiger partial charge < -0.3 is 16.2 Å². The molecule has 1 fully saturated rings. The molecular formula is C5H10Cl2N2O. The minimum Gasteiger partial charge on any atom is -0.345 e. The van der Waals surface area contributed by atoms with Crippen molar-refractivity contribution >= 4 is 23.2 Å². The van der Waals surface area contributed by atoms with E-state index >= 15 is 0 Å². The molecule has 0 saturated carbocycles. The molecule has 1 aliphatic heterocycles. The summed E-state index contributed by atoms with van der Waals surface area (Å²) < 4.78 is 3.72. The van der Waals surface area contributed by atoms with Crippen LogP contribution in [-0.4, -0.2) is 24.2 Å². The van der Waals surface area contributed by atoms with Gasteiger partial charge >= 0.3 is 0 Å². The average molecular weight is 185 g/mol. The Bertz CT molecular complexity index is 130. The van der Waals surface area contributed by atoms with Crippen molar-refractivity contribution in [1.82, 2.24) is 0 Å². The van der Waals surface area contributed by atoms with E-state index in [4.69, 9.17) is 39.4 Å². The molecule has 10 heavy (non-hydrogen) atoms. The van der Waals surface area contributed by atoms with Gasteiger partial charge in [-0.1, -0.05) is 23.2 Å². The Morgan fingerprint density at radius 1 is 1.30 bits per heavy atom. The molecule has 1 rings (SSSR count). The van der Waals surface area contributed by atoms with Gasteiger partial charge in [-0.15, -0.1) is 0 Å². The van der Waals surface area contributed by atoms with Crippen LogP contribution < -0.4 is 11.5 Å². The summed E-state index contributed by atoms with van der Waals surface area (Å²) in [6.45, 7) is 1.17. The van der Waals surface area contributed by atoms with E-state index in [1.54, 1.807) is 0 Å². The third-order valence-corrected chi connectivity index (χ3v) is 2.95. The molecule has 0 aromatic rings. The Balaban J connectivity index is 2.67. The third-order valence-electron chi connectivity index (χ3n) is 1.93. The highest BCUT2D eigenvalue weighted by Crippen LogP contribution is 2.49. The van der Waals surface area contributed by atoms with Gasteiger partial charge in [-0.05, 0) is 0 Å². The van der Waals surface area contributed by atoms with Crippen molar-refractivity contribution in [2.45, 2.75) is 4.52 Å². The van der Waals surface area contributed by atoms with Gasteiger partial charge in [0.15, 0.2) is 0 Å². The molecule has 3 nitrogen and oxygen atoms in total. The molecule has 0 atom stereocenters. The van der Waals surface area contributed by atoms with Gasteiger partial charge in [-0.3, -0.25) is 0 Å². The molecule has 60 valence electrons. The van der Waals surface area contributed by atoms with Gasteiger partial charge in [0.2, 0.25) is 4.52 Å². The quantitative estimate of drug-likeness (QED) is 0.597. The second-order valence-electron chi connectivity index (χ2n) is 2.49. The summed E-state index contributed by atoms with van der Waals surface area (Å²) in [6.07, 6.45) is 0. The maximum atomic E-state index is 5.71. The van der Waals surface area contributed by atoms with Crippen LogP contribution in [0.3, 0.4) is 0 Å². The largest absolute Gasteiger partial charge is 0.345 e. The zero-order valence-corrected chi connectivity index (χ0v) is 6.95. The molecule has 0 unspecified atom stereocenters. The molecule has 0 amide bonds. The zero-order valence-electron chi connectivity index (χ0n) is 5.44. The zero-order chi connectivity index (χ0) is 7.83. The maximum Gasteiger partial charge on any atom is 0.227 e. The molecule has 5 heteroatoms. The van der Waals surface area contributed by atoms with Gasteiger partial charge in [0.05, 0.1) is 12.0 Å². The molecule has 1 heterocycles. The van der Waals surface area contributed by atoms with E-state index in [9.17, 15) is 0 Å². The van der Waals surface area contributed by atoms with Crippen LogP contribution in [0.25, 0.3) is 0 Å². The predicted octanol–water partition coefficient (Wildman–Crippen LogP) is 0.0518. The number of ether oxygens (including phenoxy) is 1. The fourth-order valence-corrected chi connectivity index (χ4v) is 1.35. The van der Waals surface area contributed by atoms with Gasteiger partial charge in [0.1, 0.15) is 0 Å². The van der Waals surface area contributed by atoms with Crippen LogP contribution in [-0.2, 0) is 4.74 Å². The number of alkyl halides is 2. The van der Waals surface area contributed by atoms with Crippen LogP contribution in [0.5, 0.6) is 0 Å². The van der Waals surface area contributed by atoms with Crippen LogP contribution in [0.4, 0.5) is 0 Å². The molecule has 0 bridgehead atoms. The van der Waals surface area contributed by atoms with E-state index in [2.05, 4.69) is 0 Å². The first kappa shape index (κ1) is 8.56. The van der Waals surface area contributed by atoms with Gasteiger partial charge in [0.25, 0.3) is 0 Å². The first-order valence-corrected chi connectivity index (χ1v) is 3.75. The van der Waals surface area contributed by atoms with E-state index in [1.165, 1.54) is 0 Å². The SMILES string of the molecule is NCC1(CN)COC1(Cl)Cl. The summed E-state index contributed by atoms with van der Waals surface area (Å²) >= 11 is 11.4. The summed E-state index contributed by atoms with van der Waals surface area (Å²) in [5.74, 6) is 0. The Hall–Kier alpha value is 0.460. The molecule has 0 aromatic heterocycles. The second-order valence-corrected chi connectivity index (χ2v) is 3.75. The van der Waals surface area contributed by atoms with Crippen molar-refractivity contribution in [3.63, 3.8) is 0 Å². The summed E-state index contributed by atoms with van der Waals surface area (Å²) in [5.41, 5.74) is 10.4. The lowest BCUT2D eigenvalue weighted by Crippen LogP contribution is -2.63. The van der Waals surface area contributed by atoms with Crippen molar-refractivity contribution < 1.29 is 4.74 Å². The summed E-state index contributed by atoms with van der Waals surface area (Å²) in [6, 6.07) is 0. The van der Waals surface area contributed by atoms with E-state index in [-0.39, 0.29) is 0 Å². The lowest BCUT2D eigenvalue weighted by molar-refractivity contribution is -0.158. The summed E-state index contributed by atoms with van der Waals surface area (Å²) in [4.78, 5) is 0. The Morgan fingerprint density at radius 3 is 1.80 bits per heavy atom. The number of hydrogen-bond acceptors (Lipinski definition) is 3. The van der Waals surface area contributed by atoms with Crippen LogP contribution in [0.2, 0.25) is 0 Å². The molecule has 0 spiro atoms. The molecular weight excluding hydrogens is 175 g/mol. The average Bonchev–Trinajstić information content (AvgIpc) is 1.89. The van der Waals surface area contributed by atoms with Gasteiger partial charge in [-0.25, -0.2) is 0 Å². The monoisotopic (exact) mass is 184 g/mol. The first-order chi connectivity index (χ1) is 4.58. The molecule has 0 radical (unpaired) electrons. The van der Waals surface area contributed by atoms with E-state index in [1.807, 2.05) is 0 Å². The van der Waals surface area contributed by atoms with Crippen LogP contribution in [0.1, 0.15) is 0 Å². The number of nitrogens with two attached hydrogens (primary N) is 2. The van der Waals surface area contributed by atoms with Crippen molar-refractivity contribution in [2.24, 2.45) is 16.9 Å². The standard InChI is InChI=1S/C5H10Cl2N2O/c6-5(7)4(1-8,2-9)3-10-5/h1-3,8-9H2. The van der Waals surface area contributed by atoms with Crippen LogP contribution in [0.15, 0.2) is 0 Å². The molecule has 1 saturated heterocycles. The number of hydrogen-bond donors (Lipinski definition) is 2. The lowest BCUT2D eigenvalue weighted by Gasteiger charge is -2.50. The normalized spacial score (nSPS) is 27.6. The van der Waals surface area contributed by atoms with Crippen LogP contribution >= 0.6 is 23.2 Å². The lowest BCUT2D eigenvalue weighted by atomic mass is 9.85. The van der Waals surface area contributed by atoms with Crippen molar-refractivity contribution in [3.05, 3.63) is 0 Å². The van der Waals surface area contributed by atoms with E-state index in [0.717, 1.165) is 0 Å². The van der Waals surface area contributed by atoms with E-state index < -0.39 is 9.93 Å². The first-order valence-electron chi connectivity index (χ1n) is 3.00. The highest BCUT2D eigenvalue weighted by atomic mass is 35.5. The van der Waals surface area contributed by atoms with Gasteiger partial charge in [0, 0.05) is 13.1 Å². The fourth-order valence-electron chi connectivity index (χ4n) is 0.824. The van der Waals surface area contributed by atoms with Crippen molar-refractivity contribution in [3.8, 4) is 0 Å². The number of halogens is 2. The highest BCUT2D eigenvalue weighted by Gasteiger charge is 2.57. The Kier molecular flexibility index (Phi) is 2.14. The predicted molar refractivity (Wildman–Crippen MR) is 40.9 cm³/mol. The molecule has 1 aliphatic rings. The minimum absolute atomic E-state index is 0.358. The minimum atomic E-state index is -1.17. The van der Waals surface area contributed by atoms with Crippen LogP contribution in [0, 0.1) is 5.41 Å². The summed E-state index contributed by atoms with van der Waals surface area (Å²) in [7, 11) is 0. The van der Waals surface area contributed by atoms with Crippen molar-refractivity contribution in [2.75, 3.05) is 19.7 Å². The smallest absolute Gasteiger partial charge is 0.227 e. The Morgan fingerprint density at radius 2 is 1.80 bits per heavy atom. The van der Waals surface area contributed by atoms with Gasteiger partial charge in [-0.2, -0.15) is 0 Å². The maximum absolute atomic E-state index is 5.71. The highest BCUT2D eigenvalue weighted by molar-refractivity contribution is 6.48. The Labute approximate surface area is 69.6 Å². The number of rotatable bonds is 2. The third kappa shape index (κ3) is 0.933. The molecule has 0 aromatic carbocycles. The second kappa shape index (κ2) is 2.50. The molecule has 0 aliphatic carbocycles. The topological polar surface area (TPSA) is 61.3 Å². The summed E-state index contributed by atoms with van der Waals surface area (Å²) in [5, 5.41) is 0. The van der Waals surface area contributed by atoms with Crippen molar-refractivity contribution in [1.29, 1.82) is 0 Å². The van der Waals surface area contributed by atoms with E-state index in [0.29, 0.717) is 19.7 Å². The molecule has 4 N–H and O–H groups in total. The fraction of sp³-hybridized carbons (Fsp3) is 1.00.